The molecule has 0 aliphatic rings. The molecule has 0 amide bonds. The van der Waals surface area contributed by atoms with E-state index < -0.39 is 18.0 Å². The van der Waals surface area contributed by atoms with E-state index in [1.165, 1.54) is 7.05 Å². The Morgan fingerprint density at radius 3 is 2.67 bits per heavy atom. The van der Waals surface area contributed by atoms with Gasteiger partial charge in [0.05, 0.1) is 4.88 Å². The highest BCUT2D eigenvalue weighted by Gasteiger charge is 2.38. The Morgan fingerprint density at radius 1 is 1.60 bits per heavy atom. The maximum absolute atomic E-state index is 12.4. The molecule has 0 spiro atoms. The number of thiazole rings is 1. The normalized spacial score (nSPS) is 14.2. The van der Waals surface area contributed by atoms with Gasteiger partial charge in [-0.1, -0.05) is 11.3 Å². The number of anilines is 1. The zero-order chi connectivity index (χ0) is 11.6. The minimum Gasteiger partial charge on any atom is -0.386 e. The summed E-state index contributed by atoms with van der Waals surface area (Å²) in [6.45, 7) is 0.0186. The lowest BCUT2D eigenvalue weighted by molar-refractivity contribution is -0.142. The SMILES string of the molecule is CNCC(O)c1sc(N)nc1C(F)(F)F. The second-order valence-electron chi connectivity index (χ2n) is 2.84. The molecule has 15 heavy (non-hydrogen) atoms. The largest absolute Gasteiger partial charge is 0.434 e. The molecule has 0 saturated heterocycles. The molecule has 1 aromatic heterocycles. The Morgan fingerprint density at radius 2 is 2.20 bits per heavy atom. The van der Waals surface area contributed by atoms with E-state index in [1.807, 2.05) is 0 Å². The predicted octanol–water partition coefficient (Wildman–Crippen LogP) is 0.997. The second kappa shape index (κ2) is 4.33. The summed E-state index contributed by atoms with van der Waals surface area (Å²) in [5, 5.41) is 11.8. The summed E-state index contributed by atoms with van der Waals surface area (Å²) < 4.78 is 37.3. The molecule has 0 radical (unpaired) electrons. The van der Waals surface area contributed by atoms with Gasteiger partial charge in [0, 0.05) is 6.54 Å². The number of nitrogens with one attached hydrogen (secondary N) is 1. The van der Waals surface area contributed by atoms with Crippen LogP contribution in [0.5, 0.6) is 0 Å². The van der Waals surface area contributed by atoms with Crippen LogP contribution in [0.1, 0.15) is 16.7 Å². The fraction of sp³-hybridized carbons (Fsp3) is 0.571. The summed E-state index contributed by atoms with van der Waals surface area (Å²) in [6.07, 6.45) is -5.83. The molecule has 1 aromatic rings. The zero-order valence-electron chi connectivity index (χ0n) is 7.80. The molecule has 0 saturated carbocycles. The topological polar surface area (TPSA) is 71.2 Å². The van der Waals surface area contributed by atoms with Gasteiger partial charge < -0.3 is 16.2 Å². The third kappa shape index (κ3) is 2.80. The molecule has 0 fully saturated rings. The van der Waals surface area contributed by atoms with Crippen molar-refractivity contribution in [3.63, 3.8) is 0 Å². The van der Waals surface area contributed by atoms with Gasteiger partial charge in [-0.3, -0.25) is 0 Å². The molecular formula is C7H10F3N3OS. The van der Waals surface area contributed by atoms with Gasteiger partial charge in [0.1, 0.15) is 6.10 Å². The Balaban J connectivity index is 3.06. The van der Waals surface area contributed by atoms with Crippen LogP contribution in [0.2, 0.25) is 0 Å². The lowest BCUT2D eigenvalue weighted by atomic mass is 10.2. The van der Waals surface area contributed by atoms with Crippen molar-refractivity contribution in [2.45, 2.75) is 12.3 Å². The third-order valence-corrected chi connectivity index (χ3v) is 2.62. The number of hydrogen-bond donors (Lipinski definition) is 3. The van der Waals surface area contributed by atoms with Gasteiger partial charge in [-0.15, -0.1) is 0 Å². The number of halogens is 3. The summed E-state index contributed by atoms with van der Waals surface area (Å²) in [4.78, 5) is 2.91. The number of hydrogen-bond acceptors (Lipinski definition) is 5. The first-order chi connectivity index (χ1) is 6.86. The van der Waals surface area contributed by atoms with Gasteiger partial charge in [-0.05, 0) is 7.05 Å². The molecule has 0 bridgehead atoms. The smallest absolute Gasteiger partial charge is 0.386 e. The molecule has 1 atom stereocenters. The van der Waals surface area contributed by atoms with Gasteiger partial charge in [0.2, 0.25) is 0 Å². The number of nitrogens with zero attached hydrogens (tertiary/aromatic N) is 1. The van der Waals surface area contributed by atoms with Gasteiger partial charge in [-0.2, -0.15) is 13.2 Å². The van der Waals surface area contributed by atoms with E-state index in [0.717, 1.165) is 0 Å². The quantitative estimate of drug-likeness (QED) is 0.738. The Hall–Kier alpha value is -0.860. The first-order valence-corrected chi connectivity index (χ1v) is 4.84. The highest BCUT2D eigenvalue weighted by atomic mass is 32.1. The molecule has 0 aromatic carbocycles. The van der Waals surface area contributed by atoms with Crippen molar-refractivity contribution in [1.82, 2.24) is 10.3 Å². The summed E-state index contributed by atoms with van der Waals surface area (Å²) in [7, 11) is 1.53. The van der Waals surface area contributed by atoms with Crippen molar-refractivity contribution < 1.29 is 18.3 Å². The molecule has 1 unspecified atom stereocenters. The molecule has 4 N–H and O–H groups in total. The van der Waals surface area contributed by atoms with Crippen LogP contribution in [0.25, 0.3) is 0 Å². The standard InChI is InChI=1S/C7H10F3N3OS/c1-12-2-3(14)4-5(7(8,9)10)13-6(11)15-4/h3,12,14H,2H2,1H3,(H2,11,13). The van der Waals surface area contributed by atoms with Crippen molar-refractivity contribution >= 4 is 16.5 Å². The maximum atomic E-state index is 12.4. The number of aromatic nitrogens is 1. The van der Waals surface area contributed by atoms with E-state index in [9.17, 15) is 18.3 Å². The molecule has 4 nitrogen and oxygen atoms in total. The highest BCUT2D eigenvalue weighted by molar-refractivity contribution is 7.15. The van der Waals surface area contributed by atoms with Crippen LogP contribution < -0.4 is 11.1 Å². The number of alkyl halides is 3. The third-order valence-electron chi connectivity index (χ3n) is 1.64. The van der Waals surface area contributed by atoms with Crippen LogP contribution in [0.4, 0.5) is 18.3 Å². The van der Waals surface area contributed by atoms with Gasteiger partial charge in [-0.25, -0.2) is 4.98 Å². The number of nitrogen functional groups attached to an aromatic ring is 1. The summed E-state index contributed by atoms with van der Waals surface area (Å²) in [5.74, 6) is 0. The van der Waals surface area contributed by atoms with Crippen molar-refractivity contribution in [2.24, 2.45) is 0 Å². The Labute approximate surface area is 87.9 Å². The Kier molecular flexibility index (Phi) is 3.53. The Bertz CT molecular complexity index is 339. The first kappa shape index (κ1) is 12.2. The number of aliphatic hydroxyl groups is 1. The van der Waals surface area contributed by atoms with E-state index in [2.05, 4.69) is 10.3 Å². The minimum absolute atomic E-state index is 0.0186. The lowest BCUT2D eigenvalue weighted by Crippen LogP contribution is -2.19. The van der Waals surface area contributed by atoms with Crippen molar-refractivity contribution in [2.75, 3.05) is 19.3 Å². The van der Waals surface area contributed by atoms with E-state index in [1.54, 1.807) is 0 Å². The minimum atomic E-state index is -4.59. The molecule has 8 heteroatoms. The van der Waals surface area contributed by atoms with Crippen LogP contribution in [-0.4, -0.2) is 23.7 Å². The molecule has 0 aliphatic heterocycles. The summed E-state index contributed by atoms with van der Waals surface area (Å²) >= 11 is 0.646. The molecule has 1 heterocycles. The monoisotopic (exact) mass is 241 g/mol. The number of nitrogens with two attached hydrogens (primary N) is 1. The number of aliphatic hydroxyl groups excluding tert-OH is 1. The maximum Gasteiger partial charge on any atom is 0.434 e. The fourth-order valence-electron chi connectivity index (χ4n) is 1.06. The van der Waals surface area contributed by atoms with Crippen molar-refractivity contribution in [1.29, 1.82) is 0 Å². The van der Waals surface area contributed by atoms with E-state index in [4.69, 9.17) is 5.73 Å². The fourth-order valence-corrected chi connectivity index (χ4v) is 1.90. The van der Waals surface area contributed by atoms with Gasteiger partial charge in [0.15, 0.2) is 10.8 Å². The van der Waals surface area contributed by atoms with Gasteiger partial charge in [0.25, 0.3) is 0 Å². The summed E-state index contributed by atoms with van der Waals surface area (Å²) in [6, 6.07) is 0. The average Bonchev–Trinajstić information content (AvgIpc) is 2.47. The van der Waals surface area contributed by atoms with Crippen LogP contribution >= 0.6 is 11.3 Å². The first-order valence-electron chi connectivity index (χ1n) is 4.02. The van der Waals surface area contributed by atoms with Crippen LogP contribution in [0.3, 0.4) is 0 Å². The van der Waals surface area contributed by atoms with Crippen molar-refractivity contribution in [3.05, 3.63) is 10.6 Å². The van der Waals surface area contributed by atoms with Crippen LogP contribution in [0, 0.1) is 0 Å². The molecule has 86 valence electrons. The lowest BCUT2D eigenvalue weighted by Gasteiger charge is -2.11. The van der Waals surface area contributed by atoms with Crippen LogP contribution in [0.15, 0.2) is 0 Å². The zero-order valence-corrected chi connectivity index (χ0v) is 8.61. The van der Waals surface area contributed by atoms with Crippen LogP contribution in [-0.2, 0) is 6.18 Å². The van der Waals surface area contributed by atoms with E-state index in [-0.39, 0.29) is 16.6 Å². The summed E-state index contributed by atoms with van der Waals surface area (Å²) in [5.41, 5.74) is 4.08. The number of likely N-dealkylation sites (N-methyl/N-ethyl adjacent to an activating group) is 1. The van der Waals surface area contributed by atoms with Gasteiger partial charge >= 0.3 is 6.18 Å². The highest BCUT2D eigenvalue weighted by Crippen LogP contribution is 2.38. The van der Waals surface area contributed by atoms with E-state index in [0.29, 0.717) is 11.3 Å². The number of rotatable bonds is 3. The second-order valence-corrected chi connectivity index (χ2v) is 3.90. The predicted molar refractivity (Wildman–Crippen MR) is 50.4 cm³/mol. The average molecular weight is 241 g/mol. The molecular weight excluding hydrogens is 231 g/mol. The molecule has 1 rings (SSSR count). The molecule has 0 aliphatic carbocycles. The van der Waals surface area contributed by atoms with Crippen molar-refractivity contribution in [3.8, 4) is 0 Å². The van der Waals surface area contributed by atoms with E-state index >= 15 is 0 Å².